The van der Waals surface area contributed by atoms with Crippen LogP contribution in [0.15, 0.2) is 18.2 Å². The van der Waals surface area contributed by atoms with Crippen molar-refractivity contribution in [3.05, 3.63) is 40.0 Å². The summed E-state index contributed by atoms with van der Waals surface area (Å²) < 4.78 is 16.5. The number of rotatable bonds is 7. The number of benzene rings is 1. The maximum atomic E-state index is 5.60. The van der Waals surface area contributed by atoms with E-state index < -0.39 is 0 Å². The summed E-state index contributed by atoms with van der Waals surface area (Å²) in [7, 11) is 3.36. The van der Waals surface area contributed by atoms with Gasteiger partial charge in [0, 0.05) is 23.5 Å². The van der Waals surface area contributed by atoms with E-state index in [0.717, 1.165) is 71.8 Å². The first-order chi connectivity index (χ1) is 15.0. The summed E-state index contributed by atoms with van der Waals surface area (Å²) in [6.07, 6.45) is 0. The van der Waals surface area contributed by atoms with E-state index in [1.165, 1.54) is 10.4 Å². The van der Waals surface area contributed by atoms with Crippen LogP contribution in [0.5, 0.6) is 11.5 Å². The number of aromatic nitrogens is 2. The normalized spacial score (nSPS) is 15.8. The Hall–Kier alpha value is -2.42. The van der Waals surface area contributed by atoms with Crippen LogP contribution in [0.1, 0.15) is 34.8 Å². The number of anilines is 1. The van der Waals surface area contributed by atoms with Crippen molar-refractivity contribution in [3.63, 3.8) is 0 Å². The van der Waals surface area contributed by atoms with E-state index >= 15 is 0 Å². The highest BCUT2D eigenvalue weighted by atomic mass is 32.1. The number of fused-ring (bicyclic) bond motifs is 1. The fourth-order valence-electron chi connectivity index (χ4n) is 3.89. The highest BCUT2D eigenvalue weighted by Crippen LogP contribution is 2.36. The van der Waals surface area contributed by atoms with Gasteiger partial charge in [-0.25, -0.2) is 9.97 Å². The van der Waals surface area contributed by atoms with Crippen molar-refractivity contribution in [3.8, 4) is 11.5 Å². The predicted octanol–water partition coefficient (Wildman–Crippen LogP) is 4.33. The molecule has 31 heavy (non-hydrogen) atoms. The average molecular weight is 443 g/mol. The topological polar surface area (TPSA) is 68.7 Å². The van der Waals surface area contributed by atoms with Crippen LogP contribution in [0.25, 0.3) is 10.2 Å². The van der Waals surface area contributed by atoms with Gasteiger partial charge in [-0.15, -0.1) is 11.3 Å². The summed E-state index contributed by atoms with van der Waals surface area (Å²) in [4.78, 5) is 14.5. The standard InChI is InChI=1S/C23H30N4O3S/c1-14-16(3)31-23-21(14)22(25-20(26-23)13-27-8-10-30-11-9-27)24-15(2)18-12-17(28-4)6-7-19(18)29-5/h6-7,12,15H,8-11,13H2,1-5H3,(H,24,25,26). The molecule has 1 aliphatic rings. The van der Waals surface area contributed by atoms with Crippen LogP contribution >= 0.6 is 11.3 Å². The van der Waals surface area contributed by atoms with Crippen molar-refractivity contribution in [2.24, 2.45) is 0 Å². The molecular weight excluding hydrogens is 412 g/mol. The van der Waals surface area contributed by atoms with Crippen LogP contribution in [0, 0.1) is 13.8 Å². The number of morpholine rings is 1. The minimum Gasteiger partial charge on any atom is -0.497 e. The number of thiophene rings is 1. The summed E-state index contributed by atoms with van der Waals surface area (Å²) in [6, 6.07) is 5.82. The van der Waals surface area contributed by atoms with Gasteiger partial charge in [0.25, 0.3) is 0 Å². The van der Waals surface area contributed by atoms with Gasteiger partial charge in [0.1, 0.15) is 28.0 Å². The maximum Gasteiger partial charge on any atom is 0.146 e. The first-order valence-electron chi connectivity index (χ1n) is 10.5. The van der Waals surface area contributed by atoms with Gasteiger partial charge in [-0.05, 0) is 44.5 Å². The molecule has 0 spiro atoms. The largest absolute Gasteiger partial charge is 0.497 e. The molecule has 3 aromatic rings. The third kappa shape index (κ3) is 4.61. The Morgan fingerprint density at radius 3 is 2.65 bits per heavy atom. The van der Waals surface area contributed by atoms with Crippen LogP contribution in [-0.4, -0.2) is 55.4 Å². The SMILES string of the molecule is COc1ccc(OC)c(C(C)Nc2nc(CN3CCOCC3)nc3sc(C)c(C)c23)c1. The zero-order valence-electron chi connectivity index (χ0n) is 18.8. The van der Waals surface area contributed by atoms with E-state index in [2.05, 4.69) is 31.0 Å². The molecule has 0 aliphatic carbocycles. The van der Waals surface area contributed by atoms with Crippen LogP contribution in [0.4, 0.5) is 5.82 Å². The molecule has 8 heteroatoms. The minimum absolute atomic E-state index is 0.0287. The summed E-state index contributed by atoms with van der Waals surface area (Å²) in [5.41, 5.74) is 2.25. The molecule has 4 rings (SSSR count). The Balaban J connectivity index is 1.70. The van der Waals surface area contributed by atoms with Gasteiger partial charge in [0.05, 0.1) is 45.4 Å². The molecule has 1 aromatic carbocycles. The van der Waals surface area contributed by atoms with Crippen molar-refractivity contribution in [1.29, 1.82) is 0 Å². The fraction of sp³-hybridized carbons (Fsp3) is 0.478. The molecule has 0 radical (unpaired) electrons. The summed E-state index contributed by atoms with van der Waals surface area (Å²) >= 11 is 1.73. The molecule has 1 fully saturated rings. The van der Waals surface area contributed by atoms with Crippen molar-refractivity contribution in [2.45, 2.75) is 33.4 Å². The van der Waals surface area contributed by atoms with Gasteiger partial charge in [-0.2, -0.15) is 0 Å². The quantitative estimate of drug-likeness (QED) is 0.584. The molecule has 166 valence electrons. The van der Waals surface area contributed by atoms with Crippen LogP contribution in [0.3, 0.4) is 0 Å². The number of hydrogen-bond donors (Lipinski definition) is 1. The number of ether oxygens (including phenoxy) is 3. The Bertz CT molecular complexity index is 1060. The van der Waals surface area contributed by atoms with E-state index in [0.29, 0.717) is 0 Å². The highest BCUT2D eigenvalue weighted by molar-refractivity contribution is 7.18. The van der Waals surface area contributed by atoms with Gasteiger partial charge in [0.2, 0.25) is 0 Å². The van der Waals surface area contributed by atoms with E-state index in [-0.39, 0.29) is 6.04 Å². The van der Waals surface area contributed by atoms with Gasteiger partial charge in [0.15, 0.2) is 0 Å². The second-order valence-electron chi connectivity index (χ2n) is 7.81. The molecule has 7 nitrogen and oxygen atoms in total. The molecule has 1 aliphatic heterocycles. The first-order valence-corrected chi connectivity index (χ1v) is 11.4. The van der Waals surface area contributed by atoms with Gasteiger partial charge < -0.3 is 19.5 Å². The first kappa shape index (κ1) is 21.8. The van der Waals surface area contributed by atoms with Gasteiger partial charge in [-0.1, -0.05) is 0 Å². The second-order valence-corrected chi connectivity index (χ2v) is 9.02. The summed E-state index contributed by atoms with van der Waals surface area (Å²) in [6.45, 7) is 10.5. The molecule has 2 aromatic heterocycles. The Morgan fingerprint density at radius 2 is 1.94 bits per heavy atom. The molecular formula is C23H30N4O3S. The lowest BCUT2D eigenvalue weighted by molar-refractivity contribution is 0.0331. The number of methoxy groups -OCH3 is 2. The molecule has 3 heterocycles. The van der Waals surface area contributed by atoms with E-state index in [4.69, 9.17) is 24.2 Å². The fourth-order valence-corrected chi connectivity index (χ4v) is 4.94. The smallest absolute Gasteiger partial charge is 0.146 e. The zero-order chi connectivity index (χ0) is 22.0. The Labute approximate surface area is 187 Å². The zero-order valence-corrected chi connectivity index (χ0v) is 19.6. The van der Waals surface area contributed by atoms with Crippen LogP contribution in [0.2, 0.25) is 0 Å². The van der Waals surface area contributed by atoms with E-state index in [1.54, 1.807) is 25.6 Å². The minimum atomic E-state index is -0.0287. The maximum absolute atomic E-state index is 5.60. The van der Waals surface area contributed by atoms with E-state index in [9.17, 15) is 0 Å². The second kappa shape index (κ2) is 9.38. The molecule has 0 amide bonds. The lowest BCUT2D eigenvalue weighted by Gasteiger charge is -2.26. The van der Waals surface area contributed by atoms with E-state index in [1.807, 2.05) is 18.2 Å². The van der Waals surface area contributed by atoms with Crippen LogP contribution < -0.4 is 14.8 Å². The molecule has 1 N–H and O–H groups in total. The molecule has 1 unspecified atom stereocenters. The number of aryl methyl sites for hydroxylation is 2. The summed E-state index contributed by atoms with van der Waals surface area (Å²) in [5, 5.41) is 4.73. The van der Waals surface area contributed by atoms with Crippen molar-refractivity contribution < 1.29 is 14.2 Å². The number of hydrogen-bond acceptors (Lipinski definition) is 8. The Morgan fingerprint density at radius 1 is 1.16 bits per heavy atom. The van der Waals surface area contributed by atoms with Gasteiger partial charge in [-0.3, -0.25) is 4.90 Å². The lowest BCUT2D eigenvalue weighted by Crippen LogP contribution is -2.36. The monoisotopic (exact) mass is 442 g/mol. The number of nitrogens with one attached hydrogen (secondary N) is 1. The number of nitrogens with zero attached hydrogens (tertiary/aromatic N) is 3. The third-order valence-electron chi connectivity index (χ3n) is 5.80. The highest BCUT2D eigenvalue weighted by Gasteiger charge is 2.20. The third-order valence-corrected chi connectivity index (χ3v) is 6.90. The Kier molecular flexibility index (Phi) is 6.60. The summed E-state index contributed by atoms with van der Waals surface area (Å²) in [5.74, 6) is 3.32. The molecule has 1 saturated heterocycles. The van der Waals surface area contributed by atoms with Crippen molar-refractivity contribution in [2.75, 3.05) is 45.8 Å². The molecule has 0 bridgehead atoms. The lowest BCUT2D eigenvalue weighted by atomic mass is 10.1. The van der Waals surface area contributed by atoms with Crippen LogP contribution in [-0.2, 0) is 11.3 Å². The van der Waals surface area contributed by atoms with Crippen molar-refractivity contribution >= 4 is 27.4 Å². The molecule has 0 saturated carbocycles. The predicted molar refractivity (Wildman–Crippen MR) is 125 cm³/mol. The molecule has 1 atom stereocenters. The van der Waals surface area contributed by atoms with Gasteiger partial charge >= 0.3 is 0 Å². The van der Waals surface area contributed by atoms with Crippen molar-refractivity contribution in [1.82, 2.24) is 14.9 Å². The average Bonchev–Trinajstić information content (AvgIpc) is 3.07.